The van der Waals surface area contributed by atoms with Crippen LogP contribution in [0.25, 0.3) is 0 Å². The van der Waals surface area contributed by atoms with Crippen molar-refractivity contribution in [1.82, 2.24) is 19.6 Å². The molecule has 1 fully saturated rings. The summed E-state index contributed by atoms with van der Waals surface area (Å²) in [6, 6.07) is 4.67. The number of nitrogens with zero attached hydrogens (tertiary/aromatic N) is 4. The molecule has 0 aliphatic heterocycles. The first-order valence-electron chi connectivity index (χ1n) is 5.93. The summed E-state index contributed by atoms with van der Waals surface area (Å²) in [6.45, 7) is 0.771. The lowest BCUT2D eigenvalue weighted by molar-refractivity contribution is 0.460. The lowest BCUT2D eigenvalue weighted by Gasteiger charge is -2.08. The standard InChI is InChI=1S/C12H16N4/c1-2-5-12(4-1)16-9-6-11(14-16)10-15-8-3-7-13-15/h3,6-9,12H,1-2,4-5,10H2. The van der Waals surface area contributed by atoms with Gasteiger partial charge in [0.25, 0.3) is 0 Å². The molecule has 2 heterocycles. The van der Waals surface area contributed by atoms with Gasteiger partial charge in [0, 0.05) is 18.6 Å². The van der Waals surface area contributed by atoms with E-state index in [0.717, 1.165) is 12.2 Å². The summed E-state index contributed by atoms with van der Waals surface area (Å²) in [5.74, 6) is 0. The second kappa shape index (κ2) is 4.12. The molecular formula is C12H16N4. The van der Waals surface area contributed by atoms with E-state index in [9.17, 15) is 0 Å². The maximum Gasteiger partial charge on any atom is 0.0849 e. The summed E-state index contributed by atoms with van der Waals surface area (Å²) in [4.78, 5) is 0. The Hall–Kier alpha value is -1.58. The van der Waals surface area contributed by atoms with E-state index in [4.69, 9.17) is 0 Å². The van der Waals surface area contributed by atoms with E-state index < -0.39 is 0 Å². The van der Waals surface area contributed by atoms with Crippen LogP contribution in [0.4, 0.5) is 0 Å². The smallest absolute Gasteiger partial charge is 0.0849 e. The number of hydrogen-bond donors (Lipinski definition) is 0. The van der Waals surface area contributed by atoms with Gasteiger partial charge in [-0.05, 0) is 25.0 Å². The van der Waals surface area contributed by atoms with Crippen molar-refractivity contribution >= 4 is 0 Å². The van der Waals surface area contributed by atoms with Gasteiger partial charge in [-0.15, -0.1) is 0 Å². The van der Waals surface area contributed by atoms with Crippen LogP contribution in [0.2, 0.25) is 0 Å². The molecule has 1 saturated carbocycles. The van der Waals surface area contributed by atoms with E-state index in [1.165, 1.54) is 25.7 Å². The third-order valence-corrected chi connectivity index (χ3v) is 3.25. The van der Waals surface area contributed by atoms with Crippen LogP contribution in [0.5, 0.6) is 0 Å². The minimum Gasteiger partial charge on any atom is -0.269 e. The molecule has 0 radical (unpaired) electrons. The van der Waals surface area contributed by atoms with Crippen molar-refractivity contribution < 1.29 is 0 Å². The van der Waals surface area contributed by atoms with E-state index in [2.05, 4.69) is 27.1 Å². The van der Waals surface area contributed by atoms with Crippen molar-refractivity contribution in [2.24, 2.45) is 0 Å². The molecule has 0 spiro atoms. The minimum atomic E-state index is 0.631. The Balaban J connectivity index is 1.72. The first-order chi connectivity index (χ1) is 7.92. The zero-order chi connectivity index (χ0) is 10.8. The van der Waals surface area contributed by atoms with E-state index in [0.29, 0.717) is 6.04 Å². The van der Waals surface area contributed by atoms with Crippen LogP contribution in [0.3, 0.4) is 0 Å². The molecule has 0 aromatic carbocycles. The van der Waals surface area contributed by atoms with E-state index in [-0.39, 0.29) is 0 Å². The van der Waals surface area contributed by atoms with Gasteiger partial charge >= 0.3 is 0 Å². The quantitative estimate of drug-likeness (QED) is 0.788. The molecule has 0 N–H and O–H groups in total. The van der Waals surface area contributed by atoms with E-state index in [1.807, 2.05) is 16.9 Å². The molecule has 2 aromatic rings. The van der Waals surface area contributed by atoms with Gasteiger partial charge in [-0.2, -0.15) is 10.2 Å². The van der Waals surface area contributed by atoms with Gasteiger partial charge in [-0.25, -0.2) is 0 Å². The summed E-state index contributed by atoms with van der Waals surface area (Å²) in [6.07, 6.45) is 11.1. The Kier molecular flexibility index (Phi) is 2.48. The molecule has 0 amide bonds. The van der Waals surface area contributed by atoms with E-state index >= 15 is 0 Å². The van der Waals surface area contributed by atoms with Crippen LogP contribution in [0.1, 0.15) is 37.4 Å². The van der Waals surface area contributed by atoms with Crippen LogP contribution in [0, 0.1) is 0 Å². The van der Waals surface area contributed by atoms with Crippen molar-refractivity contribution in [3.63, 3.8) is 0 Å². The largest absolute Gasteiger partial charge is 0.269 e. The molecule has 2 aromatic heterocycles. The Labute approximate surface area is 94.9 Å². The number of hydrogen-bond acceptors (Lipinski definition) is 2. The molecule has 1 aliphatic carbocycles. The molecule has 4 heteroatoms. The Bertz CT molecular complexity index is 437. The zero-order valence-corrected chi connectivity index (χ0v) is 9.29. The van der Waals surface area contributed by atoms with Gasteiger partial charge < -0.3 is 0 Å². The normalized spacial score (nSPS) is 17.0. The molecule has 3 rings (SSSR count). The molecule has 0 atom stereocenters. The summed E-state index contributed by atoms with van der Waals surface area (Å²) in [5, 5.41) is 8.81. The van der Waals surface area contributed by atoms with Crippen LogP contribution in [0.15, 0.2) is 30.7 Å². The molecule has 16 heavy (non-hydrogen) atoms. The van der Waals surface area contributed by atoms with Gasteiger partial charge in [0.05, 0.1) is 18.3 Å². The van der Waals surface area contributed by atoms with Crippen LogP contribution in [-0.2, 0) is 6.54 Å². The van der Waals surface area contributed by atoms with E-state index in [1.54, 1.807) is 6.20 Å². The highest BCUT2D eigenvalue weighted by Gasteiger charge is 2.17. The Morgan fingerprint density at radius 2 is 2.12 bits per heavy atom. The zero-order valence-electron chi connectivity index (χ0n) is 9.29. The van der Waals surface area contributed by atoms with Crippen molar-refractivity contribution in [3.8, 4) is 0 Å². The topological polar surface area (TPSA) is 35.6 Å². The van der Waals surface area contributed by atoms with Crippen molar-refractivity contribution in [2.45, 2.75) is 38.3 Å². The SMILES string of the molecule is c1cnn(Cc2ccn(C3CCCC3)n2)c1. The second-order valence-electron chi connectivity index (χ2n) is 4.43. The van der Waals surface area contributed by atoms with Crippen LogP contribution in [-0.4, -0.2) is 19.6 Å². The summed E-state index contributed by atoms with van der Waals surface area (Å²) < 4.78 is 4.03. The number of aromatic nitrogens is 4. The molecule has 4 nitrogen and oxygen atoms in total. The summed E-state index contributed by atoms with van der Waals surface area (Å²) in [5.41, 5.74) is 1.09. The highest BCUT2D eigenvalue weighted by molar-refractivity contribution is 5.01. The Morgan fingerprint density at radius 1 is 1.25 bits per heavy atom. The predicted molar refractivity (Wildman–Crippen MR) is 61.1 cm³/mol. The second-order valence-corrected chi connectivity index (χ2v) is 4.43. The van der Waals surface area contributed by atoms with Crippen molar-refractivity contribution in [2.75, 3.05) is 0 Å². The molecule has 0 bridgehead atoms. The fraction of sp³-hybridized carbons (Fsp3) is 0.500. The highest BCUT2D eigenvalue weighted by atomic mass is 15.3. The van der Waals surface area contributed by atoms with Gasteiger partial charge in [-0.3, -0.25) is 9.36 Å². The average Bonchev–Trinajstić information content (AvgIpc) is 2.99. The third-order valence-electron chi connectivity index (χ3n) is 3.25. The first kappa shape index (κ1) is 9.63. The van der Waals surface area contributed by atoms with Gasteiger partial charge in [0.2, 0.25) is 0 Å². The molecule has 0 unspecified atom stereocenters. The van der Waals surface area contributed by atoms with Crippen molar-refractivity contribution in [1.29, 1.82) is 0 Å². The van der Waals surface area contributed by atoms with Crippen LogP contribution >= 0.6 is 0 Å². The maximum atomic E-state index is 4.62. The minimum absolute atomic E-state index is 0.631. The van der Waals surface area contributed by atoms with Crippen LogP contribution < -0.4 is 0 Å². The third kappa shape index (κ3) is 1.87. The highest BCUT2D eigenvalue weighted by Crippen LogP contribution is 2.28. The summed E-state index contributed by atoms with van der Waals surface area (Å²) >= 11 is 0. The maximum absolute atomic E-state index is 4.62. The molecular weight excluding hydrogens is 200 g/mol. The molecule has 0 saturated heterocycles. The molecule has 84 valence electrons. The lowest BCUT2D eigenvalue weighted by atomic mass is 10.3. The molecule has 1 aliphatic rings. The monoisotopic (exact) mass is 216 g/mol. The fourth-order valence-electron chi connectivity index (χ4n) is 2.39. The van der Waals surface area contributed by atoms with Gasteiger partial charge in [0.15, 0.2) is 0 Å². The predicted octanol–water partition coefficient (Wildman–Crippen LogP) is 2.24. The van der Waals surface area contributed by atoms with Gasteiger partial charge in [-0.1, -0.05) is 12.8 Å². The lowest BCUT2D eigenvalue weighted by Crippen LogP contribution is -2.07. The summed E-state index contributed by atoms with van der Waals surface area (Å²) in [7, 11) is 0. The van der Waals surface area contributed by atoms with Crippen molar-refractivity contribution in [3.05, 3.63) is 36.4 Å². The first-order valence-corrected chi connectivity index (χ1v) is 5.93. The van der Waals surface area contributed by atoms with Gasteiger partial charge in [0.1, 0.15) is 0 Å². The Morgan fingerprint density at radius 3 is 2.88 bits per heavy atom. The average molecular weight is 216 g/mol. The fourth-order valence-corrected chi connectivity index (χ4v) is 2.39. The number of rotatable bonds is 3.